The summed E-state index contributed by atoms with van der Waals surface area (Å²) >= 11 is 0. The minimum atomic E-state index is -1.08. The fourth-order valence-electron chi connectivity index (χ4n) is 3.38. The van der Waals surface area contributed by atoms with Gasteiger partial charge in [0.25, 0.3) is 0 Å². The number of carbonyl (C=O) groups excluding carboxylic acids is 1. The predicted molar refractivity (Wildman–Crippen MR) is 83.7 cm³/mol. The van der Waals surface area contributed by atoms with Crippen LogP contribution in [0, 0.1) is 6.92 Å². The number of hydrogen-bond donors (Lipinski definition) is 2. The van der Waals surface area contributed by atoms with Crippen LogP contribution < -0.4 is 5.32 Å². The Bertz CT molecular complexity index is 727. The Balaban J connectivity index is 1.81. The lowest BCUT2D eigenvalue weighted by atomic mass is 9.98. The number of carbonyl (C=O) groups is 2. The normalized spacial score (nSPS) is 16.8. The lowest BCUT2D eigenvalue weighted by Crippen LogP contribution is -2.53. The number of amides is 1. The summed E-state index contributed by atoms with van der Waals surface area (Å²) in [5.74, 6) is -1.17. The van der Waals surface area contributed by atoms with E-state index in [1.165, 1.54) is 0 Å². The number of hydrogen-bond acceptors (Lipinski definition) is 2. The SMILES string of the molecule is Cc1cc2ccccc2n1CC(=O)NC1(C(=O)O)CCCC1. The van der Waals surface area contributed by atoms with Gasteiger partial charge < -0.3 is 15.0 Å². The van der Waals surface area contributed by atoms with Crippen LogP contribution in [-0.2, 0) is 16.1 Å². The molecule has 1 aromatic carbocycles. The summed E-state index contributed by atoms with van der Waals surface area (Å²) in [5.41, 5.74) is 0.909. The Morgan fingerprint density at radius 2 is 1.95 bits per heavy atom. The molecular weight excluding hydrogens is 280 g/mol. The molecule has 0 spiro atoms. The summed E-state index contributed by atoms with van der Waals surface area (Å²) in [4.78, 5) is 23.9. The highest BCUT2D eigenvalue weighted by atomic mass is 16.4. The maximum absolute atomic E-state index is 12.4. The monoisotopic (exact) mass is 300 g/mol. The first-order valence-electron chi connectivity index (χ1n) is 7.61. The van der Waals surface area contributed by atoms with Gasteiger partial charge in [-0.2, -0.15) is 0 Å². The molecule has 0 aliphatic heterocycles. The van der Waals surface area contributed by atoms with Gasteiger partial charge in [0.05, 0.1) is 0 Å². The zero-order valence-electron chi connectivity index (χ0n) is 12.6. The molecule has 1 aliphatic carbocycles. The number of nitrogens with one attached hydrogen (secondary N) is 1. The molecule has 5 nitrogen and oxygen atoms in total. The Morgan fingerprint density at radius 3 is 2.64 bits per heavy atom. The molecule has 0 radical (unpaired) electrons. The lowest BCUT2D eigenvalue weighted by molar-refractivity contribution is -0.147. The highest BCUT2D eigenvalue weighted by molar-refractivity contribution is 5.89. The first-order valence-corrected chi connectivity index (χ1v) is 7.61. The van der Waals surface area contributed by atoms with Crippen molar-refractivity contribution < 1.29 is 14.7 Å². The van der Waals surface area contributed by atoms with Crippen LogP contribution in [0.25, 0.3) is 10.9 Å². The third-order valence-corrected chi connectivity index (χ3v) is 4.56. The largest absolute Gasteiger partial charge is 0.480 e. The molecule has 1 heterocycles. The van der Waals surface area contributed by atoms with Crippen LogP contribution >= 0.6 is 0 Å². The van der Waals surface area contributed by atoms with Gasteiger partial charge in [0.2, 0.25) is 5.91 Å². The third-order valence-electron chi connectivity index (χ3n) is 4.56. The Kier molecular flexibility index (Phi) is 3.64. The molecule has 0 unspecified atom stereocenters. The number of carboxylic acids is 1. The Hall–Kier alpha value is -2.30. The van der Waals surface area contributed by atoms with Gasteiger partial charge in [0.15, 0.2) is 0 Å². The number of para-hydroxylation sites is 1. The van der Waals surface area contributed by atoms with Crippen molar-refractivity contribution in [3.05, 3.63) is 36.0 Å². The summed E-state index contributed by atoms with van der Waals surface area (Å²) in [6, 6.07) is 9.91. The van der Waals surface area contributed by atoms with Gasteiger partial charge in [-0.1, -0.05) is 31.0 Å². The second kappa shape index (κ2) is 5.48. The van der Waals surface area contributed by atoms with Crippen molar-refractivity contribution >= 4 is 22.8 Å². The standard InChI is InChI=1S/C17H20N2O3/c1-12-10-13-6-2-3-7-14(13)19(12)11-15(20)18-17(16(21)22)8-4-5-9-17/h2-3,6-7,10H,4-5,8-9,11H2,1H3,(H,18,20)(H,21,22). The first kappa shape index (κ1) is 14.6. The molecule has 0 saturated heterocycles. The quantitative estimate of drug-likeness (QED) is 0.911. The van der Waals surface area contributed by atoms with E-state index in [1.807, 2.05) is 41.8 Å². The number of aromatic nitrogens is 1. The molecular formula is C17H20N2O3. The molecule has 1 aromatic heterocycles. The summed E-state index contributed by atoms with van der Waals surface area (Å²) in [5, 5.41) is 13.3. The van der Waals surface area contributed by atoms with E-state index < -0.39 is 11.5 Å². The van der Waals surface area contributed by atoms with Crippen molar-refractivity contribution in [3.8, 4) is 0 Å². The number of fused-ring (bicyclic) bond motifs is 1. The third kappa shape index (κ3) is 2.47. The van der Waals surface area contributed by atoms with E-state index in [4.69, 9.17) is 0 Å². The van der Waals surface area contributed by atoms with Crippen molar-refractivity contribution in [2.75, 3.05) is 0 Å². The number of nitrogens with zero attached hydrogens (tertiary/aromatic N) is 1. The average Bonchev–Trinajstić information content (AvgIpc) is 3.06. The van der Waals surface area contributed by atoms with Gasteiger partial charge in [0.1, 0.15) is 12.1 Å². The minimum Gasteiger partial charge on any atom is -0.480 e. The van der Waals surface area contributed by atoms with Crippen LogP contribution in [0.4, 0.5) is 0 Å². The van der Waals surface area contributed by atoms with Crippen molar-refractivity contribution in [1.82, 2.24) is 9.88 Å². The second-order valence-corrected chi connectivity index (χ2v) is 6.07. The van der Waals surface area contributed by atoms with E-state index in [0.29, 0.717) is 12.8 Å². The number of aliphatic carboxylic acids is 1. The molecule has 116 valence electrons. The van der Waals surface area contributed by atoms with E-state index in [-0.39, 0.29) is 12.5 Å². The van der Waals surface area contributed by atoms with Crippen LogP contribution in [0.15, 0.2) is 30.3 Å². The predicted octanol–water partition coefficient (Wildman–Crippen LogP) is 2.46. The number of benzene rings is 1. The molecule has 1 amide bonds. The number of aryl methyl sites for hydroxylation is 1. The fraction of sp³-hybridized carbons (Fsp3) is 0.412. The highest BCUT2D eigenvalue weighted by Gasteiger charge is 2.42. The molecule has 5 heteroatoms. The maximum atomic E-state index is 12.4. The molecule has 1 aliphatic rings. The Morgan fingerprint density at radius 1 is 1.27 bits per heavy atom. The summed E-state index contributed by atoms with van der Waals surface area (Å²) < 4.78 is 1.93. The van der Waals surface area contributed by atoms with Crippen LogP contribution in [0.1, 0.15) is 31.4 Å². The van der Waals surface area contributed by atoms with Crippen molar-refractivity contribution in [1.29, 1.82) is 0 Å². The molecule has 22 heavy (non-hydrogen) atoms. The van der Waals surface area contributed by atoms with Gasteiger partial charge >= 0.3 is 5.97 Å². The molecule has 1 fully saturated rings. The van der Waals surface area contributed by atoms with E-state index in [9.17, 15) is 14.7 Å². The first-order chi connectivity index (χ1) is 10.5. The molecule has 0 atom stereocenters. The topological polar surface area (TPSA) is 71.3 Å². The summed E-state index contributed by atoms with van der Waals surface area (Å²) in [7, 11) is 0. The zero-order chi connectivity index (χ0) is 15.7. The van der Waals surface area contributed by atoms with Crippen LogP contribution in [-0.4, -0.2) is 27.1 Å². The van der Waals surface area contributed by atoms with Gasteiger partial charge in [-0.15, -0.1) is 0 Å². The molecule has 0 bridgehead atoms. The highest BCUT2D eigenvalue weighted by Crippen LogP contribution is 2.30. The summed E-state index contributed by atoms with van der Waals surface area (Å²) in [6.07, 6.45) is 2.72. The smallest absolute Gasteiger partial charge is 0.329 e. The zero-order valence-corrected chi connectivity index (χ0v) is 12.6. The van der Waals surface area contributed by atoms with Crippen LogP contribution in [0.2, 0.25) is 0 Å². The number of rotatable bonds is 4. The van der Waals surface area contributed by atoms with E-state index in [1.54, 1.807) is 0 Å². The van der Waals surface area contributed by atoms with Gasteiger partial charge in [-0.05, 0) is 37.3 Å². The minimum absolute atomic E-state index is 0.147. The lowest BCUT2D eigenvalue weighted by Gasteiger charge is -2.25. The fourth-order valence-corrected chi connectivity index (χ4v) is 3.38. The van der Waals surface area contributed by atoms with Crippen molar-refractivity contribution in [3.63, 3.8) is 0 Å². The Labute approximate surface area is 128 Å². The van der Waals surface area contributed by atoms with Crippen LogP contribution in [0.5, 0.6) is 0 Å². The molecule has 3 rings (SSSR count). The molecule has 1 saturated carbocycles. The van der Waals surface area contributed by atoms with Gasteiger partial charge in [-0.3, -0.25) is 4.79 Å². The van der Waals surface area contributed by atoms with Gasteiger partial charge in [0, 0.05) is 11.2 Å². The summed E-state index contributed by atoms with van der Waals surface area (Å²) in [6.45, 7) is 2.10. The van der Waals surface area contributed by atoms with E-state index in [2.05, 4.69) is 5.32 Å². The van der Waals surface area contributed by atoms with E-state index >= 15 is 0 Å². The average molecular weight is 300 g/mol. The van der Waals surface area contributed by atoms with Crippen molar-refractivity contribution in [2.45, 2.75) is 44.7 Å². The van der Waals surface area contributed by atoms with Gasteiger partial charge in [-0.25, -0.2) is 4.79 Å². The molecule has 2 N–H and O–H groups in total. The second-order valence-electron chi connectivity index (χ2n) is 6.07. The maximum Gasteiger partial charge on any atom is 0.329 e. The number of carboxylic acid groups (broad SMARTS) is 1. The van der Waals surface area contributed by atoms with E-state index in [0.717, 1.165) is 29.4 Å². The van der Waals surface area contributed by atoms with Crippen LogP contribution in [0.3, 0.4) is 0 Å². The molecule has 2 aromatic rings. The van der Waals surface area contributed by atoms with Crippen molar-refractivity contribution in [2.24, 2.45) is 0 Å².